The van der Waals surface area contributed by atoms with Crippen LogP contribution in [0.15, 0.2) is 24.3 Å². The molecule has 0 spiro atoms. The highest BCUT2D eigenvalue weighted by Crippen LogP contribution is 2.32. The zero-order valence-electron chi connectivity index (χ0n) is 15.6. The number of aromatic nitrogens is 2. The lowest BCUT2D eigenvalue weighted by atomic mass is 9.91. The van der Waals surface area contributed by atoms with Crippen molar-refractivity contribution < 1.29 is 4.79 Å². The minimum absolute atomic E-state index is 0.0377. The van der Waals surface area contributed by atoms with Crippen molar-refractivity contribution in [1.82, 2.24) is 25.3 Å². The molecule has 1 atom stereocenters. The number of fused-ring (bicyclic) bond motifs is 1. The highest BCUT2D eigenvalue weighted by Gasteiger charge is 2.25. The molecule has 2 aromatic rings. The van der Waals surface area contributed by atoms with Gasteiger partial charge in [-0.15, -0.1) is 0 Å². The van der Waals surface area contributed by atoms with Gasteiger partial charge < -0.3 is 15.5 Å². The van der Waals surface area contributed by atoms with Crippen LogP contribution in [0.4, 0.5) is 4.79 Å². The number of aryl methyl sites for hydroxylation is 2. The molecule has 6 nitrogen and oxygen atoms in total. The van der Waals surface area contributed by atoms with Gasteiger partial charge in [0.2, 0.25) is 0 Å². The van der Waals surface area contributed by atoms with E-state index >= 15 is 0 Å². The van der Waals surface area contributed by atoms with E-state index in [0.29, 0.717) is 12.6 Å². The molecule has 1 aliphatic carbocycles. The molecule has 2 aliphatic rings. The number of nitrogens with one attached hydrogen (secondary N) is 2. The summed E-state index contributed by atoms with van der Waals surface area (Å²) in [6, 6.07) is 9.01. The summed E-state index contributed by atoms with van der Waals surface area (Å²) < 4.78 is 2.04. The average molecular weight is 353 g/mol. The second-order valence-corrected chi connectivity index (χ2v) is 7.37. The van der Waals surface area contributed by atoms with E-state index in [0.717, 1.165) is 31.7 Å². The Morgan fingerprint density at radius 3 is 2.77 bits per heavy atom. The van der Waals surface area contributed by atoms with E-state index in [1.165, 1.54) is 35.2 Å². The Bertz CT molecular complexity index is 795. The summed E-state index contributed by atoms with van der Waals surface area (Å²) in [5.41, 5.74) is 6.38. The standard InChI is InChI=1S/C20H27N5O/c1-14-19-17(4-3-5-18(19)24(2)23-14)22-12-15-6-8-16(9-7-15)13-25-11-10-21-20(25)26/h6-9,17,22H,3-5,10-13H2,1-2H3,(H,21,26). The Morgan fingerprint density at radius 1 is 1.27 bits per heavy atom. The summed E-state index contributed by atoms with van der Waals surface area (Å²) in [6.45, 7) is 5.18. The maximum atomic E-state index is 11.7. The first-order valence-electron chi connectivity index (χ1n) is 9.48. The maximum absolute atomic E-state index is 11.7. The number of carbonyl (C=O) groups is 1. The van der Waals surface area contributed by atoms with Gasteiger partial charge in [0.05, 0.1) is 5.69 Å². The fraction of sp³-hybridized carbons (Fsp3) is 0.500. The van der Waals surface area contributed by atoms with Gasteiger partial charge in [0.1, 0.15) is 0 Å². The van der Waals surface area contributed by atoms with Gasteiger partial charge in [-0.25, -0.2) is 4.79 Å². The van der Waals surface area contributed by atoms with Crippen LogP contribution in [0.2, 0.25) is 0 Å². The summed E-state index contributed by atoms with van der Waals surface area (Å²) in [6.07, 6.45) is 3.51. The van der Waals surface area contributed by atoms with Crippen LogP contribution in [0.25, 0.3) is 0 Å². The third-order valence-electron chi connectivity index (χ3n) is 5.54. The number of urea groups is 1. The maximum Gasteiger partial charge on any atom is 0.317 e. The Balaban J connectivity index is 1.38. The number of rotatable bonds is 5. The quantitative estimate of drug-likeness (QED) is 0.868. The van der Waals surface area contributed by atoms with E-state index in [2.05, 4.69) is 46.9 Å². The first-order chi connectivity index (χ1) is 12.6. The molecule has 1 unspecified atom stereocenters. The van der Waals surface area contributed by atoms with E-state index in [4.69, 9.17) is 0 Å². The van der Waals surface area contributed by atoms with Crippen molar-refractivity contribution in [3.8, 4) is 0 Å². The van der Waals surface area contributed by atoms with E-state index in [1.807, 2.05) is 16.6 Å². The minimum atomic E-state index is 0.0377. The predicted octanol–water partition coefficient (Wildman–Crippen LogP) is 2.42. The molecule has 4 rings (SSSR count). The molecule has 138 valence electrons. The molecule has 0 bridgehead atoms. The largest absolute Gasteiger partial charge is 0.336 e. The first kappa shape index (κ1) is 17.1. The number of amides is 2. The highest BCUT2D eigenvalue weighted by atomic mass is 16.2. The summed E-state index contributed by atoms with van der Waals surface area (Å²) in [5, 5.41) is 11.2. The van der Waals surface area contributed by atoms with Crippen LogP contribution in [0.1, 0.15) is 47.0 Å². The van der Waals surface area contributed by atoms with E-state index in [9.17, 15) is 4.79 Å². The Hall–Kier alpha value is -2.34. The van der Waals surface area contributed by atoms with E-state index in [-0.39, 0.29) is 6.03 Å². The van der Waals surface area contributed by atoms with Gasteiger partial charge in [0, 0.05) is 50.5 Å². The van der Waals surface area contributed by atoms with Crippen LogP contribution in [0.5, 0.6) is 0 Å². The van der Waals surface area contributed by atoms with Crippen LogP contribution in [-0.2, 0) is 26.6 Å². The van der Waals surface area contributed by atoms with Crippen molar-refractivity contribution >= 4 is 6.03 Å². The zero-order valence-corrected chi connectivity index (χ0v) is 15.6. The van der Waals surface area contributed by atoms with Gasteiger partial charge in [-0.3, -0.25) is 4.68 Å². The van der Waals surface area contributed by atoms with Crippen molar-refractivity contribution in [1.29, 1.82) is 0 Å². The second-order valence-electron chi connectivity index (χ2n) is 7.37. The lowest BCUT2D eigenvalue weighted by Gasteiger charge is -2.25. The number of hydrogen-bond donors (Lipinski definition) is 2. The van der Waals surface area contributed by atoms with Crippen molar-refractivity contribution in [3.05, 3.63) is 52.3 Å². The molecule has 6 heteroatoms. The van der Waals surface area contributed by atoms with Crippen molar-refractivity contribution in [2.75, 3.05) is 13.1 Å². The molecular formula is C20H27N5O. The molecule has 26 heavy (non-hydrogen) atoms. The minimum Gasteiger partial charge on any atom is -0.336 e. The molecule has 1 fully saturated rings. The Labute approximate surface area is 154 Å². The molecular weight excluding hydrogens is 326 g/mol. The van der Waals surface area contributed by atoms with Gasteiger partial charge in [0.25, 0.3) is 0 Å². The zero-order chi connectivity index (χ0) is 18.1. The van der Waals surface area contributed by atoms with Crippen LogP contribution in [0.3, 0.4) is 0 Å². The second kappa shape index (κ2) is 7.11. The summed E-state index contributed by atoms with van der Waals surface area (Å²) in [5.74, 6) is 0. The van der Waals surface area contributed by atoms with Crippen molar-refractivity contribution in [2.24, 2.45) is 7.05 Å². The van der Waals surface area contributed by atoms with Gasteiger partial charge in [-0.05, 0) is 37.3 Å². The van der Waals surface area contributed by atoms with Crippen LogP contribution in [-0.4, -0.2) is 33.8 Å². The molecule has 0 radical (unpaired) electrons. The van der Waals surface area contributed by atoms with E-state index in [1.54, 1.807) is 0 Å². The highest BCUT2D eigenvalue weighted by molar-refractivity contribution is 5.76. The fourth-order valence-corrected chi connectivity index (χ4v) is 4.18. The summed E-state index contributed by atoms with van der Waals surface area (Å²) in [7, 11) is 2.05. The first-order valence-corrected chi connectivity index (χ1v) is 9.48. The molecule has 1 aromatic carbocycles. The van der Waals surface area contributed by atoms with Crippen LogP contribution in [0, 0.1) is 6.92 Å². The average Bonchev–Trinajstić information content (AvgIpc) is 3.18. The number of nitrogens with zero attached hydrogens (tertiary/aromatic N) is 3. The molecule has 2 heterocycles. The summed E-state index contributed by atoms with van der Waals surface area (Å²) in [4.78, 5) is 13.5. The molecule has 0 saturated carbocycles. The monoisotopic (exact) mass is 353 g/mol. The van der Waals surface area contributed by atoms with Crippen molar-refractivity contribution in [2.45, 2.75) is 45.3 Å². The third kappa shape index (κ3) is 3.33. The van der Waals surface area contributed by atoms with E-state index < -0.39 is 0 Å². The van der Waals surface area contributed by atoms with Gasteiger partial charge in [-0.1, -0.05) is 24.3 Å². The normalized spacial score (nSPS) is 19.5. The lowest BCUT2D eigenvalue weighted by Crippen LogP contribution is -2.27. The van der Waals surface area contributed by atoms with Gasteiger partial charge in [0.15, 0.2) is 0 Å². The molecule has 1 saturated heterocycles. The molecule has 1 aromatic heterocycles. The Kier molecular flexibility index (Phi) is 4.68. The van der Waals surface area contributed by atoms with Crippen LogP contribution >= 0.6 is 0 Å². The predicted molar refractivity (Wildman–Crippen MR) is 101 cm³/mol. The molecule has 2 N–H and O–H groups in total. The third-order valence-corrected chi connectivity index (χ3v) is 5.54. The number of hydrogen-bond acceptors (Lipinski definition) is 3. The molecule has 2 amide bonds. The molecule has 1 aliphatic heterocycles. The van der Waals surface area contributed by atoms with Gasteiger partial charge in [-0.2, -0.15) is 5.10 Å². The number of carbonyl (C=O) groups excluding carboxylic acids is 1. The Morgan fingerprint density at radius 2 is 2.04 bits per heavy atom. The van der Waals surface area contributed by atoms with Crippen molar-refractivity contribution in [3.63, 3.8) is 0 Å². The lowest BCUT2D eigenvalue weighted by molar-refractivity contribution is 0.215. The van der Waals surface area contributed by atoms with Gasteiger partial charge >= 0.3 is 6.03 Å². The van der Waals surface area contributed by atoms with Crippen LogP contribution < -0.4 is 10.6 Å². The number of benzene rings is 1. The smallest absolute Gasteiger partial charge is 0.317 e. The fourth-order valence-electron chi connectivity index (χ4n) is 4.18. The summed E-state index contributed by atoms with van der Waals surface area (Å²) >= 11 is 0. The topological polar surface area (TPSA) is 62.2 Å². The SMILES string of the molecule is Cc1nn(C)c2c1C(NCc1ccc(CN3CCNC3=O)cc1)CCC2.